The maximum Gasteiger partial charge on any atom is 0.136 e. The second kappa shape index (κ2) is 4.05. The van der Waals surface area contributed by atoms with E-state index in [9.17, 15) is 4.79 Å². The van der Waals surface area contributed by atoms with Crippen LogP contribution in [0.1, 0.15) is 26.7 Å². The molecule has 2 N–H and O–H groups in total. The summed E-state index contributed by atoms with van der Waals surface area (Å²) in [6.07, 6.45) is 1.71. The zero-order valence-electron chi connectivity index (χ0n) is 8.55. The first-order valence-corrected chi connectivity index (χ1v) is 4.94. The van der Waals surface area contributed by atoms with Crippen LogP contribution in [-0.4, -0.2) is 12.3 Å². The van der Waals surface area contributed by atoms with E-state index in [1.807, 2.05) is 13.8 Å². The highest BCUT2D eigenvalue weighted by atomic mass is 16.1. The summed E-state index contributed by atoms with van der Waals surface area (Å²) >= 11 is 0. The van der Waals surface area contributed by atoms with Crippen LogP contribution in [0.3, 0.4) is 0 Å². The lowest BCUT2D eigenvalue weighted by atomic mass is 9.72. The molecule has 0 heterocycles. The van der Waals surface area contributed by atoms with Crippen LogP contribution in [0.4, 0.5) is 0 Å². The Hall–Kier alpha value is -0.630. The summed E-state index contributed by atoms with van der Waals surface area (Å²) in [6, 6.07) is 0. The van der Waals surface area contributed by atoms with Gasteiger partial charge in [-0.3, -0.25) is 4.79 Å². The Labute approximate surface area is 80.2 Å². The van der Waals surface area contributed by atoms with E-state index >= 15 is 0 Å². The van der Waals surface area contributed by atoms with Gasteiger partial charge >= 0.3 is 0 Å². The number of ketones is 1. The number of hydrogen-bond donors (Lipinski definition) is 1. The Kier molecular flexibility index (Phi) is 3.26. The first-order chi connectivity index (χ1) is 6.06. The molecule has 0 aromatic heterocycles. The third-order valence-corrected chi connectivity index (χ3v) is 3.25. The van der Waals surface area contributed by atoms with Gasteiger partial charge in [0.25, 0.3) is 0 Å². The second-order valence-electron chi connectivity index (χ2n) is 4.23. The molecule has 0 saturated heterocycles. The van der Waals surface area contributed by atoms with Crippen molar-refractivity contribution in [1.29, 1.82) is 0 Å². The molecule has 2 nitrogen and oxygen atoms in total. The molecule has 1 rings (SSSR count). The van der Waals surface area contributed by atoms with Crippen LogP contribution in [0.15, 0.2) is 12.2 Å². The molecular weight excluding hydrogens is 162 g/mol. The Bertz CT molecular complexity index is 222. The molecule has 1 aliphatic carbocycles. The summed E-state index contributed by atoms with van der Waals surface area (Å²) in [4.78, 5) is 11.6. The number of nitrogens with two attached hydrogens (primary N) is 1. The highest BCUT2D eigenvalue weighted by molar-refractivity contribution is 5.82. The monoisotopic (exact) mass is 181 g/mol. The normalized spacial score (nSPS) is 34.7. The molecule has 1 fully saturated rings. The van der Waals surface area contributed by atoms with Crippen molar-refractivity contribution >= 4 is 5.78 Å². The topological polar surface area (TPSA) is 43.1 Å². The fourth-order valence-corrected chi connectivity index (χ4v) is 2.02. The molecule has 0 aliphatic heterocycles. The Balaban J connectivity index is 2.69. The number of carbonyl (C=O) groups is 1. The van der Waals surface area contributed by atoms with Crippen molar-refractivity contribution < 1.29 is 4.79 Å². The van der Waals surface area contributed by atoms with Crippen LogP contribution in [0.2, 0.25) is 0 Å². The quantitative estimate of drug-likeness (QED) is 0.659. The van der Waals surface area contributed by atoms with Gasteiger partial charge in [-0.1, -0.05) is 19.1 Å². The second-order valence-corrected chi connectivity index (χ2v) is 4.23. The van der Waals surface area contributed by atoms with E-state index < -0.39 is 0 Å². The average molecular weight is 181 g/mol. The maximum absolute atomic E-state index is 11.6. The van der Waals surface area contributed by atoms with Gasteiger partial charge in [0.1, 0.15) is 5.78 Å². The number of carbonyl (C=O) groups excluding carboxylic acids is 1. The third-order valence-electron chi connectivity index (χ3n) is 3.25. The summed E-state index contributed by atoms with van der Waals surface area (Å²) in [5.74, 6) is 1.25. The van der Waals surface area contributed by atoms with Gasteiger partial charge in [0.2, 0.25) is 0 Å². The zero-order chi connectivity index (χ0) is 10.0. The molecule has 1 saturated carbocycles. The lowest BCUT2D eigenvalue weighted by Crippen LogP contribution is -2.35. The van der Waals surface area contributed by atoms with E-state index in [1.165, 1.54) is 0 Å². The van der Waals surface area contributed by atoms with Gasteiger partial charge in [-0.25, -0.2) is 0 Å². The van der Waals surface area contributed by atoms with Gasteiger partial charge in [0, 0.05) is 12.3 Å². The molecule has 1 aliphatic rings. The fourth-order valence-electron chi connectivity index (χ4n) is 2.02. The number of rotatable bonds is 2. The highest BCUT2D eigenvalue weighted by Crippen LogP contribution is 2.33. The van der Waals surface area contributed by atoms with Gasteiger partial charge in [-0.2, -0.15) is 0 Å². The predicted molar refractivity (Wildman–Crippen MR) is 54.3 cm³/mol. The van der Waals surface area contributed by atoms with Crippen LogP contribution < -0.4 is 5.73 Å². The van der Waals surface area contributed by atoms with Crippen molar-refractivity contribution in [2.75, 3.05) is 6.54 Å². The van der Waals surface area contributed by atoms with Crippen molar-refractivity contribution in [3.05, 3.63) is 12.2 Å². The summed E-state index contributed by atoms with van der Waals surface area (Å²) in [6.45, 7) is 8.53. The summed E-state index contributed by atoms with van der Waals surface area (Å²) in [7, 11) is 0. The minimum absolute atomic E-state index is 0.153. The number of Topliss-reactive ketones (excluding diaryl/α,β-unsaturated/α-hetero) is 1. The van der Waals surface area contributed by atoms with Gasteiger partial charge in [-0.05, 0) is 31.7 Å². The standard InChI is InChI=1S/C11H19NO/c1-7(2)9-4-10(6-12)8(3)11(13)5-9/h8-10H,1,4-6,12H2,2-3H3. The van der Waals surface area contributed by atoms with E-state index in [4.69, 9.17) is 5.73 Å². The summed E-state index contributed by atoms with van der Waals surface area (Å²) < 4.78 is 0. The predicted octanol–water partition coefficient (Wildman–Crippen LogP) is 1.75. The lowest BCUT2D eigenvalue weighted by molar-refractivity contribution is -0.127. The van der Waals surface area contributed by atoms with Gasteiger partial charge in [-0.15, -0.1) is 0 Å². The molecule has 0 spiro atoms. The molecule has 0 amide bonds. The van der Waals surface area contributed by atoms with Gasteiger partial charge < -0.3 is 5.73 Å². The van der Waals surface area contributed by atoms with E-state index in [-0.39, 0.29) is 5.92 Å². The maximum atomic E-state index is 11.6. The van der Waals surface area contributed by atoms with Crippen LogP contribution in [-0.2, 0) is 4.79 Å². The zero-order valence-corrected chi connectivity index (χ0v) is 8.55. The Morgan fingerprint density at radius 2 is 2.31 bits per heavy atom. The largest absolute Gasteiger partial charge is 0.330 e. The molecule has 0 radical (unpaired) electrons. The Morgan fingerprint density at radius 3 is 2.77 bits per heavy atom. The van der Waals surface area contributed by atoms with Crippen molar-refractivity contribution in [2.24, 2.45) is 23.5 Å². The number of hydrogen-bond acceptors (Lipinski definition) is 2. The molecule has 0 aromatic carbocycles. The Morgan fingerprint density at radius 1 is 1.69 bits per heavy atom. The molecular formula is C11H19NO. The van der Waals surface area contributed by atoms with Gasteiger partial charge in [0.05, 0.1) is 0 Å². The smallest absolute Gasteiger partial charge is 0.136 e. The van der Waals surface area contributed by atoms with Crippen molar-refractivity contribution in [3.8, 4) is 0 Å². The van der Waals surface area contributed by atoms with Crippen LogP contribution >= 0.6 is 0 Å². The minimum atomic E-state index is 0.153. The highest BCUT2D eigenvalue weighted by Gasteiger charge is 2.32. The average Bonchev–Trinajstić information content (AvgIpc) is 2.09. The van der Waals surface area contributed by atoms with Gasteiger partial charge in [0.15, 0.2) is 0 Å². The molecule has 0 aromatic rings. The molecule has 0 bridgehead atoms. The third kappa shape index (κ3) is 2.19. The first kappa shape index (κ1) is 10.5. The number of allylic oxidation sites excluding steroid dienone is 1. The molecule has 13 heavy (non-hydrogen) atoms. The van der Waals surface area contributed by atoms with E-state index in [0.717, 1.165) is 12.0 Å². The lowest BCUT2D eigenvalue weighted by Gasteiger charge is -2.32. The van der Waals surface area contributed by atoms with Crippen molar-refractivity contribution in [3.63, 3.8) is 0 Å². The first-order valence-electron chi connectivity index (χ1n) is 4.94. The molecule has 3 atom stereocenters. The summed E-state index contributed by atoms with van der Waals surface area (Å²) in [5.41, 5.74) is 6.76. The van der Waals surface area contributed by atoms with Crippen LogP contribution in [0.5, 0.6) is 0 Å². The molecule has 2 heteroatoms. The van der Waals surface area contributed by atoms with E-state index in [1.54, 1.807) is 0 Å². The van der Waals surface area contributed by atoms with E-state index in [2.05, 4.69) is 6.58 Å². The molecule has 74 valence electrons. The summed E-state index contributed by atoms with van der Waals surface area (Å²) in [5, 5.41) is 0. The van der Waals surface area contributed by atoms with Crippen LogP contribution in [0.25, 0.3) is 0 Å². The molecule has 3 unspecified atom stereocenters. The van der Waals surface area contributed by atoms with Crippen molar-refractivity contribution in [1.82, 2.24) is 0 Å². The fraction of sp³-hybridized carbons (Fsp3) is 0.727. The van der Waals surface area contributed by atoms with Crippen LogP contribution in [0, 0.1) is 17.8 Å². The SMILES string of the molecule is C=C(C)C1CC(=O)C(C)C(CN)C1. The minimum Gasteiger partial charge on any atom is -0.330 e. The van der Waals surface area contributed by atoms with E-state index in [0.29, 0.717) is 30.6 Å². The van der Waals surface area contributed by atoms with Crippen molar-refractivity contribution in [2.45, 2.75) is 26.7 Å².